The summed E-state index contributed by atoms with van der Waals surface area (Å²) in [4.78, 5) is 13.8. The van der Waals surface area contributed by atoms with Crippen LogP contribution in [0.1, 0.15) is 39.5 Å². The number of nitrogens with one attached hydrogen (secondary N) is 1. The van der Waals surface area contributed by atoms with Crippen molar-refractivity contribution >= 4 is 5.91 Å². The van der Waals surface area contributed by atoms with Crippen molar-refractivity contribution in [3.8, 4) is 0 Å². The number of amides is 1. The Morgan fingerprint density at radius 3 is 2.93 bits per heavy atom. The van der Waals surface area contributed by atoms with Crippen molar-refractivity contribution < 1.29 is 4.79 Å². The third-order valence-electron chi connectivity index (χ3n) is 2.83. The second-order valence-electron chi connectivity index (χ2n) is 4.11. The molecule has 1 saturated heterocycles. The normalized spacial score (nSPS) is 22.4. The van der Waals surface area contributed by atoms with Crippen LogP contribution in [0.2, 0.25) is 0 Å². The van der Waals surface area contributed by atoms with Crippen molar-refractivity contribution in [2.75, 3.05) is 19.6 Å². The van der Waals surface area contributed by atoms with Gasteiger partial charge < -0.3 is 10.2 Å². The maximum absolute atomic E-state index is 11.7. The summed E-state index contributed by atoms with van der Waals surface area (Å²) in [6, 6.07) is 0.444. The summed E-state index contributed by atoms with van der Waals surface area (Å²) in [5, 5.41) is 3.16. The molecule has 1 fully saturated rings. The molecular weight excluding hydrogens is 176 g/mol. The standard InChI is InChI=1S/C11H22N2O/c1-3-7-12-9-11(14)13-8-5-4-6-10(13)2/h10,12H,3-9H2,1-2H3. The second kappa shape index (κ2) is 6.02. The van der Waals surface area contributed by atoms with Gasteiger partial charge in [-0.1, -0.05) is 6.92 Å². The van der Waals surface area contributed by atoms with Crippen LogP contribution in [0.25, 0.3) is 0 Å². The van der Waals surface area contributed by atoms with Crippen molar-refractivity contribution in [1.82, 2.24) is 10.2 Å². The third kappa shape index (κ3) is 3.29. The smallest absolute Gasteiger partial charge is 0.236 e. The molecule has 1 atom stereocenters. The molecule has 0 saturated carbocycles. The Morgan fingerprint density at radius 1 is 1.50 bits per heavy atom. The van der Waals surface area contributed by atoms with Gasteiger partial charge in [0.1, 0.15) is 0 Å². The van der Waals surface area contributed by atoms with Crippen LogP contribution in [-0.2, 0) is 4.79 Å². The highest BCUT2D eigenvalue weighted by Gasteiger charge is 2.22. The predicted octanol–water partition coefficient (Wildman–Crippen LogP) is 1.39. The Hall–Kier alpha value is -0.570. The Kier molecular flexibility index (Phi) is 4.94. The lowest BCUT2D eigenvalue weighted by Crippen LogP contribution is -2.46. The van der Waals surface area contributed by atoms with E-state index in [1.807, 2.05) is 4.90 Å². The number of piperidine rings is 1. The van der Waals surface area contributed by atoms with Crippen molar-refractivity contribution in [2.45, 2.75) is 45.6 Å². The number of carbonyl (C=O) groups excluding carboxylic acids is 1. The van der Waals surface area contributed by atoms with Crippen LogP contribution in [0.15, 0.2) is 0 Å². The fourth-order valence-corrected chi connectivity index (χ4v) is 1.94. The van der Waals surface area contributed by atoms with Crippen LogP contribution in [-0.4, -0.2) is 36.5 Å². The van der Waals surface area contributed by atoms with Gasteiger partial charge in [0.25, 0.3) is 0 Å². The minimum absolute atomic E-state index is 0.269. The molecule has 0 bridgehead atoms. The molecular formula is C11H22N2O. The molecule has 1 aliphatic rings. The summed E-state index contributed by atoms with van der Waals surface area (Å²) in [5.41, 5.74) is 0. The number of hydrogen-bond donors (Lipinski definition) is 1. The zero-order chi connectivity index (χ0) is 10.4. The molecule has 0 spiro atoms. The first-order valence-corrected chi connectivity index (χ1v) is 5.76. The average molecular weight is 198 g/mol. The second-order valence-corrected chi connectivity index (χ2v) is 4.11. The monoisotopic (exact) mass is 198 g/mol. The van der Waals surface area contributed by atoms with E-state index in [9.17, 15) is 4.79 Å². The molecule has 0 aromatic rings. The predicted molar refractivity (Wildman–Crippen MR) is 58.2 cm³/mol. The molecule has 3 heteroatoms. The molecule has 1 rings (SSSR count). The van der Waals surface area contributed by atoms with Gasteiger partial charge in [0.15, 0.2) is 0 Å². The van der Waals surface area contributed by atoms with E-state index in [1.54, 1.807) is 0 Å². The van der Waals surface area contributed by atoms with E-state index in [2.05, 4.69) is 19.2 Å². The summed E-state index contributed by atoms with van der Waals surface area (Å²) in [7, 11) is 0. The molecule has 0 aliphatic carbocycles. The first-order valence-electron chi connectivity index (χ1n) is 5.76. The first kappa shape index (κ1) is 11.5. The van der Waals surface area contributed by atoms with Gasteiger partial charge in [-0.25, -0.2) is 0 Å². The lowest BCUT2D eigenvalue weighted by atomic mass is 10.0. The zero-order valence-corrected chi connectivity index (χ0v) is 9.38. The summed E-state index contributed by atoms with van der Waals surface area (Å²) < 4.78 is 0. The van der Waals surface area contributed by atoms with E-state index < -0.39 is 0 Å². The van der Waals surface area contributed by atoms with Crippen molar-refractivity contribution in [3.05, 3.63) is 0 Å². The Morgan fingerprint density at radius 2 is 2.29 bits per heavy atom. The first-order chi connectivity index (χ1) is 6.75. The van der Waals surface area contributed by atoms with E-state index in [-0.39, 0.29) is 5.91 Å². The van der Waals surface area contributed by atoms with E-state index in [1.165, 1.54) is 19.3 Å². The fourth-order valence-electron chi connectivity index (χ4n) is 1.94. The Bertz CT molecular complexity index is 182. The van der Waals surface area contributed by atoms with E-state index in [4.69, 9.17) is 0 Å². The summed E-state index contributed by atoms with van der Waals surface area (Å²) >= 11 is 0. The molecule has 0 radical (unpaired) electrons. The van der Waals surface area contributed by atoms with E-state index >= 15 is 0 Å². The SMILES string of the molecule is CCCNCC(=O)N1CCCCC1C. The molecule has 1 aliphatic heterocycles. The van der Waals surface area contributed by atoms with Gasteiger partial charge in [0, 0.05) is 12.6 Å². The lowest BCUT2D eigenvalue weighted by Gasteiger charge is -2.33. The average Bonchev–Trinajstić information content (AvgIpc) is 2.18. The lowest BCUT2D eigenvalue weighted by molar-refractivity contribution is -0.133. The topological polar surface area (TPSA) is 32.3 Å². The molecule has 1 N–H and O–H groups in total. The third-order valence-corrected chi connectivity index (χ3v) is 2.83. The molecule has 3 nitrogen and oxygen atoms in total. The number of hydrogen-bond acceptors (Lipinski definition) is 2. The molecule has 1 amide bonds. The van der Waals surface area contributed by atoms with Gasteiger partial charge in [-0.3, -0.25) is 4.79 Å². The van der Waals surface area contributed by atoms with Crippen LogP contribution >= 0.6 is 0 Å². The Labute approximate surface area is 86.9 Å². The Balaban J connectivity index is 2.27. The van der Waals surface area contributed by atoms with Crippen molar-refractivity contribution in [3.63, 3.8) is 0 Å². The zero-order valence-electron chi connectivity index (χ0n) is 9.38. The van der Waals surface area contributed by atoms with Gasteiger partial charge in [0.05, 0.1) is 6.54 Å². The van der Waals surface area contributed by atoms with Gasteiger partial charge in [-0.15, -0.1) is 0 Å². The molecule has 0 aromatic carbocycles. The fraction of sp³-hybridized carbons (Fsp3) is 0.909. The van der Waals surface area contributed by atoms with Crippen molar-refractivity contribution in [2.24, 2.45) is 0 Å². The summed E-state index contributed by atoms with van der Waals surface area (Å²) in [6.07, 6.45) is 4.69. The molecule has 0 aromatic heterocycles. The number of likely N-dealkylation sites (tertiary alicyclic amines) is 1. The van der Waals surface area contributed by atoms with Crippen LogP contribution < -0.4 is 5.32 Å². The van der Waals surface area contributed by atoms with Gasteiger partial charge >= 0.3 is 0 Å². The van der Waals surface area contributed by atoms with Gasteiger partial charge in [-0.2, -0.15) is 0 Å². The highest BCUT2D eigenvalue weighted by molar-refractivity contribution is 5.78. The van der Waals surface area contributed by atoms with E-state index in [0.29, 0.717) is 12.6 Å². The molecule has 1 unspecified atom stereocenters. The molecule has 14 heavy (non-hydrogen) atoms. The summed E-state index contributed by atoms with van der Waals surface area (Å²) in [6.45, 7) is 6.66. The van der Waals surface area contributed by atoms with Gasteiger partial charge in [0.2, 0.25) is 5.91 Å². The largest absolute Gasteiger partial charge is 0.339 e. The highest BCUT2D eigenvalue weighted by atomic mass is 16.2. The number of carbonyl (C=O) groups is 1. The quantitative estimate of drug-likeness (QED) is 0.692. The van der Waals surface area contributed by atoms with Crippen molar-refractivity contribution in [1.29, 1.82) is 0 Å². The number of rotatable bonds is 4. The number of nitrogens with zero attached hydrogens (tertiary/aromatic N) is 1. The van der Waals surface area contributed by atoms with Crippen LogP contribution in [0.4, 0.5) is 0 Å². The van der Waals surface area contributed by atoms with Gasteiger partial charge in [-0.05, 0) is 39.2 Å². The van der Waals surface area contributed by atoms with E-state index in [0.717, 1.165) is 19.5 Å². The highest BCUT2D eigenvalue weighted by Crippen LogP contribution is 2.15. The molecule has 82 valence electrons. The maximum Gasteiger partial charge on any atom is 0.236 e. The summed E-state index contributed by atoms with van der Waals surface area (Å²) in [5.74, 6) is 0.269. The maximum atomic E-state index is 11.7. The molecule has 1 heterocycles. The minimum atomic E-state index is 0.269. The van der Waals surface area contributed by atoms with Crippen LogP contribution in [0.3, 0.4) is 0 Å². The minimum Gasteiger partial charge on any atom is -0.339 e. The van der Waals surface area contributed by atoms with Crippen LogP contribution in [0.5, 0.6) is 0 Å². The van der Waals surface area contributed by atoms with Crippen LogP contribution in [0, 0.1) is 0 Å².